The summed E-state index contributed by atoms with van der Waals surface area (Å²) in [6.07, 6.45) is 6.12. The SMILES string of the molecule is CN(CC1(O)CCCC1)C(=O)CCn1cc([N+](=O)[O-])cn1. The molecule has 0 radical (unpaired) electrons. The molecule has 0 aromatic carbocycles. The van der Waals surface area contributed by atoms with Crippen LogP contribution >= 0.6 is 0 Å². The van der Waals surface area contributed by atoms with E-state index in [4.69, 9.17) is 0 Å². The summed E-state index contributed by atoms with van der Waals surface area (Å²) in [5.74, 6) is -0.103. The summed E-state index contributed by atoms with van der Waals surface area (Å²) in [6, 6.07) is 0. The Bertz CT molecular complexity index is 522. The van der Waals surface area contributed by atoms with Crippen LogP contribution in [0.3, 0.4) is 0 Å². The number of aromatic nitrogens is 2. The van der Waals surface area contributed by atoms with Crippen molar-refractivity contribution in [3.05, 3.63) is 22.5 Å². The molecule has 1 aromatic rings. The van der Waals surface area contributed by atoms with E-state index in [1.54, 1.807) is 7.05 Å². The van der Waals surface area contributed by atoms with Gasteiger partial charge >= 0.3 is 5.69 Å². The molecule has 1 aromatic heterocycles. The molecule has 21 heavy (non-hydrogen) atoms. The fraction of sp³-hybridized carbons (Fsp3) is 0.692. The number of hydrogen-bond donors (Lipinski definition) is 1. The Morgan fingerprint density at radius 1 is 1.57 bits per heavy atom. The average molecular weight is 296 g/mol. The zero-order chi connectivity index (χ0) is 15.5. The van der Waals surface area contributed by atoms with E-state index in [0.29, 0.717) is 6.54 Å². The van der Waals surface area contributed by atoms with Gasteiger partial charge in [-0.2, -0.15) is 5.10 Å². The maximum absolute atomic E-state index is 12.0. The van der Waals surface area contributed by atoms with Crippen molar-refractivity contribution in [2.75, 3.05) is 13.6 Å². The van der Waals surface area contributed by atoms with Gasteiger partial charge in [-0.15, -0.1) is 0 Å². The van der Waals surface area contributed by atoms with E-state index in [2.05, 4.69) is 5.10 Å². The van der Waals surface area contributed by atoms with Gasteiger partial charge in [-0.05, 0) is 12.8 Å². The molecule has 0 saturated heterocycles. The van der Waals surface area contributed by atoms with Crippen LogP contribution in [0.1, 0.15) is 32.1 Å². The van der Waals surface area contributed by atoms with E-state index in [1.807, 2.05) is 0 Å². The number of nitrogens with zero attached hydrogens (tertiary/aromatic N) is 4. The van der Waals surface area contributed by atoms with Gasteiger partial charge in [-0.1, -0.05) is 12.8 Å². The molecule has 8 heteroatoms. The molecule has 0 bridgehead atoms. The van der Waals surface area contributed by atoms with Crippen molar-refractivity contribution in [2.24, 2.45) is 0 Å². The summed E-state index contributed by atoms with van der Waals surface area (Å²) in [6.45, 7) is 0.626. The normalized spacial score (nSPS) is 16.9. The maximum Gasteiger partial charge on any atom is 0.306 e. The molecule has 1 aliphatic rings. The van der Waals surface area contributed by atoms with Gasteiger partial charge in [0.05, 0.1) is 10.5 Å². The Morgan fingerprint density at radius 3 is 2.81 bits per heavy atom. The quantitative estimate of drug-likeness (QED) is 0.622. The van der Waals surface area contributed by atoms with E-state index < -0.39 is 10.5 Å². The lowest BCUT2D eigenvalue weighted by Crippen LogP contribution is -2.42. The second-order valence-corrected chi connectivity index (χ2v) is 5.65. The Balaban J connectivity index is 1.81. The van der Waals surface area contributed by atoms with Crippen molar-refractivity contribution < 1.29 is 14.8 Å². The summed E-state index contributed by atoms with van der Waals surface area (Å²) in [4.78, 5) is 23.6. The second-order valence-electron chi connectivity index (χ2n) is 5.65. The van der Waals surface area contributed by atoms with Crippen LogP contribution in [-0.4, -0.2) is 49.8 Å². The van der Waals surface area contributed by atoms with Gasteiger partial charge in [0.25, 0.3) is 0 Å². The second kappa shape index (κ2) is 6.21. The number of nitro groups is 1. The molecule has 2 rings (SSSR count). The van der Waals surface area contributed by atoms with Crippen LogP contribution < -0.4 is 0 Å². The summed E-state index contributed by atoms with van der Waals surface area (Å²) in [7, 11) is 1.67. The Hall–Kier alpha value is -1.96. The molecule has 1 aliphatic carbocycles. The number of likely N-dealkylation sites (N-methyl/N-ethyl adjacent to an activating group) is 1. The molecule has 0 atom stereocenters. The van der Waals surface area contributed by atoms with E-state index in [-0.39, 0.29) is 24.6 Å². The molecule has 0 aliphatic heterocycles. The predicted molar refractivity (Wildman–Crippen MR) is 74.6 cm³/mol. The van der Waals surface area contributed by atoms with Gasteiger partial charge in [0.2, 0.25) is 5.91 Å². The number of carbonyl (C=O) groups excluding carboxylic acids is 1. The molecular weight excluding hydrogens is 276 g/mol. The number of amides is 1. The van der Waals surface area contributed by atoms with Gasteiger partial charge in [0.1, 0.15) is 12.4 Å². The van der Waals surface area contributed by atoms with Gasteiger partial charge < -0.3 is 10.0 Å². The van der Waals surface area contributed by atoms with Gasteiger partial charge in [0, 0.05) is 26.6 Å². The molecule has 8 nitrogen and oxygen atoms in total. The standard InChI is InChI=1S/C13H20N4O4/c1-15(10-13(19)5-2-3-6-13)12(18)4-7-16-9-11(8-14-16)17(20)21/h8-9,19H,2-7,10H2,1H3. The highest BCUT2D eigenvalue weighted by Gasteiger charge is 2.33. The van der Waals surface area contributed by atoms with Crippen LogP contribution in [0.2, 0.25) is 0 Å². The van der Waals surface area contributed by atoms with E-state index in [9.17, 15) is 20.0 Å². The van der Waals surface area contributed by atoms with Crippen molar-refractivity contribution in [3.63, 3.8) is 0 Å². The van der Waals surface area contributed by atoms with E-state index in [0.717, 1.165) is 31.9 Å². The minimum Gasteiger partial charge on any atom is -0.388 e. The first kappa shape index (κ1) is 15.4. The molecule has 0 spiro atoms. The summed E-state index contributed by atoms with van der Waals surface area (Å²) in [5.41, 5.74) is -0.842. The highest BCUT2D eigenvalue weighted by molar-refractivity contribution is 5.75. The lowest BCUT2D eigenvalue weighted by atomic mass is 10.0. The zero-order valence-electron chi connectivity index (χ0n) is 12.1. The van der Waals surface area contributed by atoms with Crippen LogP contribution in [0.25, 0.3) is 0 Å². The Labute approximate surface area is 122 Å². The lowest BCUT2D eigenvalue weighted by Gasteiger charge is -2.28. The fourth-order valence-corrected chi connectivity index (χ4v) is 2.69. The molecule has 1 heterocycles. The van der Waals surface area contributed by atoms with Crippen molar-refractivity contribution in [1.82, 2.24) is 14.7 Å². The molecule has 1 saturated carbocycles. The monoisotopic (exact) mass is 296 g/mol. The minimum atomic E-state index is -0.755. The third-order valence-electron chi connectivity index (χ3n) is 3.88. The first-order chi connectivity index (χ1) is 9.89. The topological polar surface area (TPSA) is 102 Å². The van der Waals surface area contributed by atoms with Gasteiger partial charge in [-0.25, -0.2) is 0 Å². The molecular formula is C13H20N4O4. The number of hydrogen-bond acceptors (Lipinski definition) is 5. The van der Waals surface area contributed by atoms with E-state index in [1.165, 1.54) is 15.8 Å². The van der Waals surface area contributed by atoms with Crippen LogP contribution in [0.5, 0.6) is 0 Å². The summed E-state index contributed by atoms with van der Waals surface area (Å²) < 4.78 is 1.38. The first-order valence-corrected chi connectivity index (χ1v) is 7.03. The molecule has 0 unspecified atom stereocenters. The van der Waals surface area contributed by atoms with Crippen LogP contribution in [0.4, 0.5) is 5.69 Å². The number of carbonyl (C=O) groups is 1. The largest absolute Gasteiger partial charge is 0.388 e. The van der Waals surface area contributed by atoms with Crippen LogP contribution in [0, 0.1) is 10.1 Å². The smallest absolute Gasteiger partial charge is 0.306 e. The Kier molecular flexibility index (Phi) is 4.56. The molecule has 1 fully saturated rings. The zero-order valence-corrected chi connectivity index (χ0v) is 12.1. The van der Waals surface area contributed by atoms with E-state index >= 15 is 0 Å². The minimum absolute atomic E-state index is 0.0870. The van der Waals surface area contributed by atoms with Crippen molar-refractivity contribution in [2.45, 2.75) is 44.2 Å². The average Bonchev–Trinajstić information content (AvgIpc) is 3.05. The van der Waals surface area contributed by atoms with Crippen LogP contribution in [0.15, 0.2) is 12.4 Å². The first-order valence-electron chi connectivity index (χ1n) is 7.03. The summed E-state index contributed by atoms with van der Waals surface area (Å²) in [5, 5.41) is 24.7. The van der Waals surface area contributed by atoms with Crippen molar-refractivity contribution in [1.29, 1.82) is 0 Å². The third-order valence-corrected chi connectivity index (χ3v) is 3.88. The highest BCUT2D eigenvalue weighted by Crippen LogP contribution is 2.30. The number of aryl methyl sites for hydroxylation is 1. The van der Waals surface area contributed by atoms with Gasteiger partial charge in [0.15, 0.2) is 0 Å². The summed E-state index contributed by atoms with van der Waals surface area (Å²) >= 11 is 0. The number of rotatable bonds is 6. The number of aliphatic hydroxyl groups is 1. The van der Waals surface area contributed by atoms with Crippen molar-refractivity contribution in [3.8, 4) is 0 Å². The Morgan fingerprint density at radius 2 is 2.24 bits per heavy atom. The fourth-order valence-electron chi connectivity index (χ4n) is 2.69. The lowest BCUT2D eigenvalue weighted by molar-refractivity contribution is -0.385. The molecule has 116 valence electrons. The van der Waals surface area contributed by atoms with Crippen LogP contribution in [-0.2, 0) is 11.3 Å². The van der Waals surface area contributed by atoms with Crippen molar-refractivity contribution >= 4 is 11.6 Å². The highest BCUT2D eigenvalue weighted by atomic mass is 16.6. The molecule has 1 amide bonds. The third kappa shape index (κ3) is 4.01. The van der Waals surface area contributed by atoms with Gasteiger partial charge in [-0.3, -0.25) is 19.6 Å². The maximum atomic E-state index is 12.0. The predicted octanol–water partition coefficient (Wildman–Crippen LogP) is 0.945. The molecule has 1 N–H and O–H groups in total.